The fourth-order valence-corrected chi connectivity index (χ4v) is 3.46. The van der Waals surface area contributed by atoms with Crippen molar-refractivity contribution in [2.45, 2.75) is 37.8 Å². The van der Waals surface area contributed by atoms with Crippen LogP contribution in [-0.4, -0.2) is 41.9 Å². The minimum Gasteiger partial charge on any atom is -0.493 e. The van der Waals surface area contributed by atoms with E-state index in [1.54, 1.807) is 19.3 Å². The summed E-state index contributed by atoms with van der Waals surface area (Å²) in [7, 11) is 1.70. The fourth-order valence-electron chi connectivity index (χ4n) is 3.46. The van der Waals surface area contributed by atoms with Gasteiger partial charge in [-0.15, -0.1) is 0 Å². The lowest BCUT2D eigenvalue weighted by atomic mass is 9.93. The SMILES string of the molecule is Cn1ccc2cc(Nc3nccc(O)n3)nc(NC3CCC(O)CC3)c2c1=O. The third-order valence-electron chi connectivity index (χ3n) is 4.98. The van der Waals surface area contributed by atoms with E-state index in [0.717, 1.165) is 31.1 Å². The van der Waals surface area contributed by atoms with E-state index in [2.05, 4.69) is 25.6 Å². The van der Waals surface area contributed by atoms with E-state index < -0.39 is 0 Å². The molecule has 4 N–H and O–H groups in total. The molecule has 9 nitrogen and oxygen atoms in total. The quantitative estimate of drug-likeness (QED) is 0.539. The second-order valence-electron chi connectivity index (χ2n) is 7.07. The summed E-state index contributed by atoms with van der Waals surface area (Å²) >= 11 is 0. The lowest BCUT2D eigenvalue weighted by molar-refractivity contribution is 0.126. The van der Waals surface area contributed by atoms with E-state index >= 15 is 0 Å². The molecule has 3 aromatic heterocycles. The van der Waals surface area contributed by atoms with E-state index in [-0.39, 0.29) is 29.5 Å². The van der Waals surface area contributed by atoms with Gasteiger partial charge in [0.15, 0.2) is 0 Å². The molecule has 0 aliphatic heterocycles. The lowest BCUT2D eigenvalue weighted by Gasteiger charge is -2.27. The van der Waals surface area contributed by atoms with E-state index in [4.69, 9.17) is 0 Å². The van der Waals surface area contributed by atoms with Gasteiger partial charge in [-0.1, -0.05) is 0 Å². The Labute approximate surface area is 161 Å². The van der Waals surface area contributed by atoms with Crippen LogP contribution in [0.15, 0.2) is 35.4 Å². The number of hydrogen-bond donors (Lipinski definition) is 4. The predicted octanol–water partition coefficient (Wildman–Crippen LogP) is 1.89. The Morgan fingerprint density at radius 1 is 1.18 bits per heavy atom. The van der Waals surface area contributed by atoms with E-state index in [1.807, 2.05) is 6.07 Å². The molecule has 1 aliphatic rings. The summed E-state index contributed by atoms with van der Waals surface area (Å²) in [6, 6.07) is 5.12. The summed E-state index contributed by atoms with van der Waals surface area (Å²) in [5.74, 6) is 1.01. The summed E-state index contributed by atoms with van der Waals surface area (Å²) in [5.41, 5.74) is -0.136. The number of fused-ring (bicyclic) bond motifs is 1. The first-order valence-electron chi connectivity index (χ1n) is 9.23. The smallest absolute Gasteiger partial charge is 0.261 e. The number of aliphatic hydroxyl groups is 1. The number of hydrogen-bond acceptors (Lipinski definition) is 8. The normalized spacial score (nSPS) is 19.5. The number of aromatic nitrogens is 4. The number of aromatic hydroxyl groups is 1. The standard InChI is InChI=1S/C19H22N6O3/c1-25-9-7-11-10-14(23-19-20-8-6-15(27)24-19)22-17(16(11)18(25)28)21-12-2-4-13(26)5-3-12/h6-10,12-13,26H,2-5H2,1H3,(H3,20,21,22,23,24,27). The minimum absolute atomic E-state index is 0.135. The maximum atomic E-state index is 12.7. The van der Waals surface area contributed by atoms with Crippen molar-refractivity contribution >= 4 is 28.4 Å². The van der Waals surface area contributed by atoms with Crippen LogP contribution >= 0.6 is 0 Å². The second-order valence-corrected chi connectivity index (χ2v) is 7.07. The molecule has 1 saturated carbocycles. The van der Waals surface area contributed by atoms with Crippen molar-refractivity contribution in [3.8, 4) is 5.88 Å². The van der Waals surface area contributed by atoms with E-state index in [1.165, 1.54) is 16.8 Å². The molecule has 0 radical (unpaired) electrons. The number of rotatable bonds is 4. The van der Waals surface area contributed by atoms with Crippen molar-refractivity contribution in [3.63, 3.8) is 0 Å². The summed E-state index contributed by atoms with van der Waals surface area (Å²) in [6.45, 7) is 0. The van der Waals surface area contributed by atoms with Gasteiger partial charge in [0.1, 0.15) is 11.6 Å². The van der Waals surface area contributed by atoms with E-state index in [0.29, 0.717) is 17.0 Å². The number of nitrogens with zero attached hydrogens (tertiary/aromatic N) is 4. The van der Waals surface area contributed by atoms with Gasteiger partial charge in [0.2, 0.25) is 11.8 Å². The first-order valence-corrected chi connectivity index (χ1v) is 9.23. The van der Waals surface area contributed by atoms with Crippen LogP contribution in [0.5, 0.6) is 5.88 Å². The molecule has 1 fully saturated rings. The summed E-state index contributed by atoms with van der Waals surface area (Å²) in [5, 5.41) is 26.9. The van der Waals surface area contributed by atoms with Crippen LogP contribution in [0.3, 0.4) is 0 Å². The average molecular weight is 382 g/mol. The zero-order chi connectivity index (χ0) is 19.7. The molecular weight excluding hydrogens is 360 g/mol. The molecule has 0 amide bonds. The fraction of sp³-hybridized carbons (Fsp3) is 0.368. The highest BCUT2D eigenvalue weighted by Crippen LogP contribution is 2.27. The Balaban J connectivity index is 1.73. The van der Waals surface area contributed by atoms with Crippen molar-refractivity contribution in [3.05, 3.63) is 40.9 Å². The molecule has 3 heterocycles. The van der Waals surface area contributed by atoms with Crippen LogP contribution in [0.4, 0.5) is 17.6 Å². The van der Waals surface area contributed by atoms with Gasteiger partial charge in [-0.25, -0.2) is 9.97 Å². The maximum absolute atomic E-state index is 12.7. The zero-order valence-corrected chi connectivity index (χ0v) is 15.5. The Morgan fingerprint density at radius 3 is 2.71 bits per heavy atom. The number of aliphatic hydroxyl groups excluding tert-OH is 1. The molecule has 3 aromatic rings. The monoisotopic (exact) mass is 382 g/mol. The summed E-state index contributed by atoms with van der Waals surface area (Å²) < 4.78 is 1.52. The summed E-state index contributed by atoms with van der Waals surface area (Å²) in [4.78, 5) is 25.3. The second kappa shape index (κ2) is 7.43. The van der Waals surface area contributed by atoms with Gasteiger partial charge >= 0.3 is 0 Å². The van der Waals surface area contributed by atoms with Crippen LogP contribution in [-0.2, 0) is 7.05 Å². The zero-order valence-electron chi connectivity index (χ0n) is 15.5. The molecule has 146 valence electrons. The Morgan fingerprint density at radius 2 is 1.96 bits per heavy atom. The third kappa shape index (κ3) is 3.74. The Kier molecular flexibility index (Phi) is 4.82. The molecule has 28 heavy (non-hydrogen) atoms. The molecule has 9 heteroatoms. The molecule has 0 atom stereocenters. The van der Waals surface area contributed by atoms with Gasteiger partial charge in [-0.2, -0.15) is 4.98 Å². The molecule has 1 aliphatic carbocycles. The highest BCUT2D eigenvalue weighted by molar-refractivity contribution is 5.93. The molecule has 0 spiro atoms. The van der Waals surface area contributed by atoms with Crippen LogP contribution in [0, 0.1) is 0 Å². The van der Waals surface area contributed by atoms with Gasteiger partial charge in [0.05, 0.1) is 11.5 Å². The van der Waals surface area contributed by atoms with Gasteiger partial charge in [-0.05, 0) is 43.2 Å². The average Bonchev–Trinajstić information content (AvgIpc) is 2.66. The molecule has 4 rings (SSSR count). The number of pyridine rings is 2. The van der Waals surface area contributed by atoms with Gasteiger partial charge in [-0.3, -0.25) is 4.79 Å². The number of aryl methyl sites for hydroxylation is 1. The largest absolute Gasteiger partial charge is 0.493 e. The minimum atomic E-state index is -0.258. The van der Waals surface area contributed by atoms with Crippen LogP contribution in [0.2, 0.25) is 0 Å². The van der Waals surface area contributed by atoms with Gasteiger partial charge in [0, 0.05) is 31.5 Å². The molecular formula is C19H22N6O3. The highest BCUT2D eigenvalue weighted by Gasteiger charge is 2.21. The van der Waals surface area contributed by atoms with Crippen molar-refractivity contribution < 1.29 is 10.2 Å². The topological polar surface area (TPSA) is 125 Å². The maximum Gasteiger partial charge on any atom is 0.261 e. The first kappa shape index (κ1) is 18.2. The van der Waals surface area contributed by atoms with Crippen molar-refractivity contribution in [2.24, 2.45) is 7.05 Å². The molecule has 0 unspecified atom stereocenters. The van der Waals surface area contributed by atoms with Crippen LogP contribution in [0.1, 0.15) is 25.7 Å². The molecule has 0 aromatic carbocycles. The Bertz CT molecular complexity index is 1060. The van der Waals surface area contributed by atoms with Gasteiger partial charge in [0.25, 0.3) is 5.56 Å². The molecule has 0 saturated heterocycles. The van der Waals surface area contributed by atoms with E-state index in [9.17, 15) is 15.0 Å². The molecule has 0 bridgehead atoms. The summed E-state index contributed by atoms with van der Waals surface area (Å²) in [6.07, 6.45) is 5.96. The number of anilines is 3. The lowest BCUT2D eigenvalue weighted by Crippen LogP contribution is -2.29. The van der Waals surface area contributed by atoms with Crippen molar-refractivity contribution in [2.75, 3.05) is 10.6 Å². The third-order valence-corrected chi connectivity index (χ3v) is 4.98. The van der Waals surface area contributed by atoms with Crippen LogP contribution in [0.25, 0.3) is 10.8 Å². The van der Waals surface area contributed by atoms with Crippen LogP contribution < -0.4 is 16.2 Å². The highest BCUT2D eigenvalue weighted by atomic mass is 16.3. The van der Waals surface area contributed by atoms with Crippen molar-refractivity contribution in [1.29, 1.82) is 0 Å². The number of nitrogens with one attached hydrogen (secondary N) is 2. The first-order chi connectivity index (χ1) is 13.5. The van der Waals surface area contributed by atoms with Crippen molar-refractivity contribution in [1.82, 2.24) is 19.5 Å². The Hall–Kier alpha value is -3.20. The van der Waals surface area contributed by atoms with Gasteiger partial charge < -0.3 is 25.4 Å². The predicted molar refractivity (Wildman–Crippen MR) is 106 cm³/mol.